The molecule has 70 valence electrons. The molecular formula is C10H13BrN2. The van der Waals surface area contributed by atoms with Crippen molar-refractivity contribution in [3.63, 3.8) is 0 Å². The van der Waals surface area contributed by atoms with Crippen molar-refractivity contribution in [2.75, 3.05) is 5.73 Å². The van der Waals surface area contributed by atoms with Gasteiger partial charge in [-0.15, -0.1) is 0 Å². The van der Waals surface area contributed by atoms with E-state index < -0.39 is 0 Å². The minimum absolute atomic E-state index is 0.0697. The van der Waals surface area contributed by atoms with E-state index in [-0.39, 0.29) is 5.54 Å². The van der Waals surface area contributed by atoms with E-state index in [4.69, 9.17) is 11.5 Å². The van der Waals surface area contributed by atoms with Gasteiger partial charge in [-0.25, -0.2) is 0 Å². The first-order valence-electron chi connectivity index (χ1n) is 4.42. The lowest BCUT2D eigenvalue weighted by Gasteiger charge is -2.09. The van der Waals surface area contributed by atoms with Crippen LogP contribution in [0.2, 0.25) is 0 Å². The third-order valence-corrected chi connectivity index (χ3v) is 3.23. The number of anilines is 1. The first kappa shape index (κ1) is 9.03. The molecule has 1 saturated carbocycles. The smallest absolute Gasteiger partial charge is 0.0461 e. The Hall–Kier alpha value is -0.540. The summed E-state index contributed by atoms with van der Waals surface area (Å²) in [6.45, 7) is 0. The molecule has 0 aromatic heterocycles. The quantitative estimate of drug-likeness (QED) is 0.778. The Balaban J connectivity index is 2.17. The van der Waals surface area contributed by atoms with Gasteiger partial charge in [-0.3, -0.25) is 0 Å². The highest BCUT2D eigenvalue weighted by Crippen LogP contribution is 2.36. The lowest BCUT2D eigenvalue weighted by atomic mass is 10.0. The fourth-order valence-corrected chi connectivity index (χ4v) is 1.69. The summed E-state index contributed by atoms with van der Waals surface area (Å²) in [6.07, 6.45) is 3.23. The molecule has 1 aliphatic rings. The Kier molecular flexibility index (Phi) is 2.08. The predicted molar refractivity (Wildman–Crippen MR) is 58.4 cm³/mol. The van der Waals surface area contributed by atoms with Crippen LogP contribution in [0, 0.1) is 0 Å². The van der Waals surface area contributed by atoms with Crippen LogP contribution in [-0.4, -0.2) is 5.54 Å². The van der Waals surface area contributed by atoms with Crippen LogP contribution in [0.5, 0.6) is 0 Å². The first-order valence-corrected chi connectivity index (χ1v) is 5.21. The van der Waals surface area contributed by atoms with Gasteiger partial charge in [0.1, 0.15) is 0 Å². The zero-order chi connectivity index (χ0) is 9.47. The summed E-state index contributed by atoms with van der Waals surface area (Å²) in [5.74, 6) is 0. The fraction of sp³-hybridized carbons (Fsp3) is 0.400. The monoisotopic (exact) mass is 240 g/mol. The number of nitrogens with two attached hydrogens (primary N) is 2. The van der Waals surface area contributed by atoms with Crippen LogP contribution in [0.25, 0.3) is 0 Å². The van der Waals surface area contributed by atoms with Gasteiger partial charge < -0.3 is 11.5 Å². The second-order valence-electron chi connectivity index (χ2n) is 3.90. The molecule has 0 heterocycles. The molecule has 13 heavy (non-hydrogen) atoms. The summed E-state index contributed by atoms with van der Waals surface area (Å²) in [5, 5.41) is 0. The minimum Gasteiger partial charge on any atom is -0.398 e. The number of nitrogen functional groups attached to an aromatic ring is 1. The van der Waals surface area contributed by atoms with Gasteiger partial charge in [0.05, 0.1) is 0 Å². The standard InChI is InChI=1S/C10H13BrN2/c11-8-2-1-7(5-9(8)12)6-10(13)3-4-10/h1-2,5H,3-4,6,12-13H2. The largest absolute Gasteiger partial charge is 0.398 e. The van der Waals surface area contributed by atoms with E-state index in [1.54, 1.807) is 0 Å². The van der Waals surface area contributed by atoms with Crippen LogP contribution in [-0.2, 0) is 6.42 Å². The number of hydrogen-bond acceptors (Lipinski definition) is 2. The second kappa shape index (κ2) is 3.00. The zero-order valence-corrected chi connectivity index (χ0v) is 8.97. The molecule has 1 aliphatic carbocycles. The average molecular weight is 241 g/mol. The van der Waals surface area contributed by atoms with Crippen LogP contribution < -0.4 is 11.5 Å². The van der Waals surface area contributed by atoms with Crippen molar-refractivity contribution in [1.29, 1.82) is 0 Å². The van der Waals surface area contributed by atoms with Crippen molar-refractivity contribution in [2.45, 2.75) is 24.8 Å². The first-order chi connectivity index (χ1) is 6.09. The lowest BCUT2D eigenvalue weighted by Crippen LogP contribution is -2.24. The summed E-state index contributed by atoms with van der Waals surface area (Å²) in [4.78, 5) is 0. The molecule has 2 nitrogen and oxygen atoms in total. The molecule has 1 aromatic carbocycles. The van der Waals surface area contributed by atoms with Crippen molar-refractivity contribution in [1.82, 2.24) is 0 Å². The molecule has 0 aliphatic heterocycles. The molecule has 3 heteroatoms. The third kappa shape index (κ3) is 2.03. The number of rotatable bonds is 2. The van der Waals surface area contributed by atoms with Crippen LogP contribution in [0.1, 0.15) is 18.4 Å². The Morgan fingerprint density at radius 3 is 2.62 bits per heavy atom. The van der Waals surface area contributed by atoms with Gasteiger partial charge in [-0.05, 0) is 52.9 Å². The van der Waals surface area contributed by atoms with Gasteiger partial charge in [-0.1, -0.05) is 6.07 Å². The molecule has 2 rings (SSSR count). The molecule has 0 atom stereocenters. The van der Waals surface area contributed by atoms with Gasteiger partial charge in [0.2, 0.25) is 0 Å². The SMILES string of the molecule is Nc1cc(CC2(N)CC2)ccc1Br. The highest BCUT2D eigenvalue weighted by atomic mass is 79.9. The Bertz CT molecular complexity index is 332. The molecule has 1 fully saturated rings. The van der Waals surface area contributed by atoms with E-state index >= 15 is 0 Å². The Labute approximate surface area is 86.4 Å². The molecule has 0 spiro atoms. The highest BCUT2D eigenvalue weighted by Gasteiger charge is 2.37. The molecule has 0 saturated heterocycles. The second-order valence-corrected chi connectivity index (χ2v) is 4.75. The molecule has 0 amide bonds. The summed E-state index contributed by atoms with van der Waals surface area (Å²) < 4.78 is 0.957. The zero-order valence-electron chi connectivity index (χ0n) is 7.39. The highest BCUT2D eigenvalue weighted by molar-refractivity contribution is 9.10. The van der Waals surface area contributed by atoms with Crippen LogP contribution in [0.3, 0.4) is 0 Å². The summed E-state index contributed by atoms with van der Waals surface area (Å²) in [6, 6.07) is 6.06. The molecule has 0 unspecified atom stereocenters. The topological polar surface area (TPSA) is 52.0 Å². The molecular weight excluding hydrogens is 228 g/mol. The number of hydrogen-bond donors (Lipinski definition) is 2. The third-order valence-electron chi connectivity index (χ3n) is 2.51. The lowest BCUT2D eigenvalue weighted by molar-refractivity contribution is 0.672. The predicted octanol–water partition coefficient (Wildman–Crippen LogP) is 2.07. The summed E-state index contributed by atoms with van der Waals surface area (Å²) >= 11 is 3.37. The molecule has 0 radical (unpaired) electrons. The van der Waals surface area contributed by atoms with Crippen molar-refractivity contribution < 1.29 is 0 Å². The number of halogens is 1. The fourth-order valence-electron chi connectivity index (χ4n) is 1.45. The van der Waals surface area contributed by atoms with Gasteiger partial charge in [0.15, 0.2) is 0 Å². The maximum absolute atomic E-state index is 6.01. The van der Waals surface area contributed by atoms with Crippen LogP contribution >= 0.6 is 15.9 Å². The van der Waals surface area contributed by atoms with Crippen molar-refractivity contribution in [3.05, 3.63) is 28.2 Å². The maximum Gasteiger partial charge on any atom is 0.0461 e. The summed E-state index contributed by atoms with van der Waals surface area (Å²) in [7, 11) is 0. The normalized spacial score (nSPS) is 18.6. The van der Waals surface area contributed by atoms with Crippen LogP contribution in [0.15, 0.2) is 22.7 Å². The average Bonchev–Trinajstić information content (AvgIpc) is 2.76. The molecule has 4 N–H and O–H groups in total. The van der Waals surface area contributed by atoms with Crippen molar-refractivity contribution in [2.24, 2.45) is 5.73 Å². The van der Waals surface area contributed by atoms with Crippen LogP contribution in [0.4, 0.5) is 5.69 Å². The van der Waals surface area contributed by atoms with E-state index in [1.165, 1.54) is 5.56 Å². The van der Waals surface area contributed by atoms with Gasteiger partial charge in [0, 0.05) is 15.7 Å². The number of benzene rings is 1. The van der Waals surface area contributed by atoms with E-state index in [2.05, 4.69) is 22.0 Å². The Morgan fingerprint density at radius 2 is 2.08 bits per heavy atom. The maximum atomic E-state index is 6.01. The Morgan fingerprint density at radius 1 is 1.38 bits per heavy atom. The van der Waals surface area contributed by atoms with Gasteiger partial charge >= 0.3 is 0 Å². The van der Waals surface area contributed by atoms with Crippen molar-refractivity contribution >= 4 is 21.6 Å². The van der Waals surface area contributed by atoms with Crippen molar-refractivity contribution in [3.8, 4) is 0 Å². The minimum atomic E-state index is 0.0697. The van der Waals surface area contributed by atoms with E-state index in [0.29, 0.717) is 0 Å². The van der Waals surface area contributed by atoms with Gasteiger partial charge in [0.25, 0.3) is 0 Å². The van der Waals surface area contributed by atoms with E-state index in [9.17, 15) is 0 Å². The summed E-state index contributed by atoms with van der Waals surface area (Å²) in [5.41, 5.74) is 13.9. The van der Waals surface area contributed by atoms with Gasteiger partial charge in [-0.2, -0.15) is 0 Å². The van der Waals surface area contributed by atoms with E-state index in [1.807, 2.05) is 12.1 Å². The molecule has 0 bridgehead atoms. The van der Waals surface area contributed by atoms with E-state index in [0.717, 1.165) is 29.4 Å². The molecule has 1 aromatic rings.